The maximum atomic E-state index is 12.6. The van der Waals surface area contributed by atoms with Gasteiger partial charge in [0.05, 0.1) is 12.5 Å². The lowest BCUT2D eigenvalue weighted by Crippen LogP contribution is -2.34. The van der Waals surface area contributed by atoms with Gasteiger partial charge in [-0.3, -0.25) is 14.4 Å². The van der Waals surface area contributed by atoms with Gasteiger partial charge in [0.25, 0.3) is 11.5 Å². The average molecular weight is 403 g/mol. The van der Waals surface area contributed by atoms with Gasteiger partial charge in [0.15, 0.2) is 0 Å². The molecule has 0 fully saturated rings. The van der Waals surface area contributed by atoms with E-state index in [1.807, 2.05) is 56.3 Å². The van der Waals surface area contributed by atoms with Crippen LogP contribution in [0.5, 0.6) is 0 Å². The molecule has 0 aliphatic heterocycles. The van der Waals surface area contributed by atoms with E-state index < -0.39 is 6.04 Å². The predicted octanol–water partition coefficient (Wildman–Crippen LogP) is 3.17. The van der Waals surface area contributed by atoms with Crippen molar-refractivity contribution in [2.45, 2.75) is 32.9 Å². The zero-order valence-electron chi connectivity index (χ0n) is 17.1. The first-order valence-electron chi connectivity index (χ1n) is 9.81. The molecule has 1 atom stereocenters. The number of carbonyl (C=O) groups is 2. The molecule has 3 aromatic rings. The largest absolute Gasteiger partial charge is 0.352 e. The van der Waals surface area contributed by atoms with Crippen molar-refractivity contribution >= 4 is 11.8 Å². The Hall–Kier alpha value is -3.67. The maximum Gasteiger partial charge on any atom is 0.253 e. The number of amides is 2. The van der Waals surface area contributed by atoms with Gasteiger partial charge in [0.1, 0.15) is 0 Å². The fourth-order valence-electron chi connectivity index (χ4n) is 3.31. The number of benzene rings is 2. The first-order valence-corrected chi connectivity index (χ1v) is 9.81. The Labute approximate surface area is 175 Å². The molecule has 0 saturated heterocycles. The second kappa shape index (κ2) is 9.69. The number of nitrogens with one attached hydrogen (secondary N) is 3. The van der Waals surface area contributed by atoms with Crippen molar-refractivity contribution in [1.29, 1.82) is 0 Å². The lowest BCUT2D eigenvalue weighted by molar-refractivity contribution is -0.121. The van der Waals surface area contributed by atoms with E-state index in [-0.39, 0.29) is 30.3 Å². The van der Waals surface area contributed by atoms with E-state index in [0.717, 1.165) is 16.8 Å². The molecule has 0 unspecified atom stereocenters. The van der Waals surface area contributed by atoms with Crippen LogP contribution in [0.25, 0.3) is 0 Å². The van der Waals surface area contributed by atoms with Gasteiger partial charge < -0.3 is 15.6 Å². The molecule has 0 saturated carbocycles. The summed E-state index contributed by atoms with van der Waals surface area (Å²) in [6, 6.07) is 19.6. The van der Waals surface area contributed by atoms with E-state index in [1.165, 1.54) is 0 Å². The summed E-state index contributed by atoms with van der Waals surface area (Å²) >= 11 is 0. The smallest absolute Gasteiger partial charge is 0.253 e. The highest BCUT2D eigenvalue weighted by molar-refractivity contribution is 5.94. The van der Waals surface area contributed by atoms with Crippen molar-refractivity contribution in [2.24, 2.45) is 0 Å². The zero-order chi connectivity index (χ0) is 21.5. The SMILES string of the molecule is Cc1cc(C)c(CNC(=O)C[C@@H](NC(=O)c2ccccc2)c2ccccc2)c(=O)[nH]1. The number of hydrogen-bond acceptors (Lipinski definition) is 3. The summed E-state index contributed by atoms with van der Waals surface area (Å²) in [6.45, 7) is 3.79. The molecule has 3 N–H and O–H groups in total. The fraction of sp³-hybridized carbons (Fsp3) is 0.208. The number of aromatic amines is 1. The highest BCUT2D eigenvalue weighted by atomic mass is 16.2. The number of hydrogen-bond donors (Lipinski definition) is 3. The molecule has 6 heteroatoms. The normalized spacial score (nSPS) is 11.5. The first kappa shape index (κ1) is 21.0. The highest BCUT2D eigenvalue weighted by Gasteiger charge is 2.19. The summed E-state index contributed by atoms with van der Waals surface area (Å²) in [4.78, 5) is 40.2. The van der Waals surface area contributed by atoms with Gasteiger partial charge in [0.2, 0.25) is 5.91 Å². The molecule has 0 aliphatic carbocycles. The third kappa shape index (κ3) is 5.44. The van der Waals surface area contributed by atoms with Crippen LogP contribution >= 0.6 is 0 Å². The number of H-pyrrole nitrogens is 1. The summed E-state index contributed by atoms with van der Waals surface area (Å²) in [5.41, 5.74) is 3.29. The Morgan fingerprint density at radius 2 is 1.60 bits per heavy atom. The second-order valence-corrected chi connectivity index (χ2v) is 7.23. The number of rotatable bonds is 7. The standard InChI is InChI=1S/C24H25N3O3/c1-16-13-17(2)26-24(30)20(16)15-25-22(28)14-21(18-9-5-3-6-10-18)27-23(29)19-11-7-4-8-12-19/h3-13,21H,14-15H2,1-2H3,(H,25,28)(H,26,30)(H,27,29)/t21-/m1/s1. The topological polar surface area (TPSA) is 91.1 Å². The van der Waals surface area contributed by atoms with Crippen LogP contribution < -0.4 is 16.2 Å². The van der Waals surface area contributed by atoms with Crippen LogP contribution in [0, 0.1) is 13.8 Å². The van der Waals surface area contributed by atoms with E-state index in [9.17, 15) is 14.4 Å². The van der Waals surface area contributed by atoms with Crippen LogP contribution in [-0.4, -0.2) is 16.8 Å². The van der Waals surface area contributed by atoms with Crippen LogP contribution in [0.2, 0.25) is 0 Å². The Morgan fingerprint density at radius 3 is 2.23 bits per heavy atom. The lowest BCUT2D eigenvalue weighted by Gasteiger charge is -2.19. The predicted molar refractivity (Wildman–Crippen MR) is 116 cm³/mol. The van der Waals surface area contributed by atoms with Gasteiger partial charge in [-0.15, -0.1) is 0 Å². The van der Waals surface area contributed by atoms with Crippen molar-refractivity contribution in [1.82, 2.24) is 15.6 Å². The van der Waals surface area contributed by atoms with Crippen molar-refractivity contribution in [2.75, 3.05) is 0 Å². The Bertz CT molecular complexity index is 1080. The number of aromatic nitrogens is 1. The Kier molecular flexibility index (Phi) is 6.80. The van der Waals surface area contributed by atoms with Crippen LogP contribution in [0.3, 0.4) is 0 Å². The van der Waals surface area contributed by atoms with E-state index in [2.05, 4.69) is 15.6 Å². The van der Waals surface area contributed by atoms with Crippen LogP contribution in [-0.2, 0) is 11.3 Å². The lowest BCUT2D eigenvalue weighted by atomic mass is 10.0. The van der Waals surface area contributed by atoms with Crippen LogP contribution in [0.4, 0.5) is 0 Å². The molecule has 0 aliphatic rings. The molecule has 0 radical (unpaired) electrons. The summed E-state index contributed by atoms with van der Waals surface area (Å²) in [5, 5.41) is 5.74. The molecule has 0 bridgehead atoms. The molecule has 3 rings (SSSR count). The molecule has 2 aromatic carbocycles. The zero-order valence-corrected chi connectivity index (χ0v) is 17.1. The van der Waals surface area contributed by atoms with Gasteiger partial charge >= 0.3 is 0 Å². The first-order chi connectivity index (χ1) is 14.4. The molecule has 2 amide bonds. The van der Waals surface area contributed by atoms with Crippen molar-refractivity contribution in [3.63, 3.8) is 0 Å². The minimum Gasteiger partial charge on any atom is -0.352 e. The number of carbonyl (C=O) groups excluding carboxylic acids is 2. The molecule has 6 nitrogen and oxygen atoms in total. The van der Waals surface area contributed by atoms with E-state index >= 15 is 0 Å². The van der Waals surface area contributed by atoms with Gasteiger partial charge in [-0.1, -0.05) is 48.5 Å². The molecule has 154 valence electrons. The van der Waals surface area contributed by atoms with Crippen molar-refractivity contribution in [3.8, 4) is 0 Å². The van der Waals surface area contributed by atoms with Crippen LogP contribution in [0.1, 0.15) is 45.2 Å². The van der Waals surface area contributed by atoms with Gasteiger partial charge in [-0.2, -0.15) is 0 Å². The molecular formula is C24H25N3O3. The average Bonchev–Trinajstić information content (AvgIpc) is 2.73. The van der Waals surface area contributed by atoms with Gasteiger partial charge in [-0.25, -0.2) is 0 Å². The van der Waals surface area contributed by atoms with Gasteiger partial charge in [0, 0.05) is 23.4 Å². The van der Waals surface area contributed by atoms with Crippen molar-refractivity contribution < 1.29 is 9.59 Å². The summed E-state index contributed by atoms with van der Waals surface area (Å²) in [5.74, 6) is -0.500. The Balaban J connectivity index is 1.71. The van der Waals surface area contributed by atoms with E-state index in [4.69, 9.17) is 0 Å². The molecular weight excluding hydrogens is 378 g/mol. The van der Waals surface area contributed by atoms with Crippen molar-refractivity contribution in [3.05, 3.63) is 105 Å². The maximum absolute atomic E-state index is 12.6. The third-order valence-corrected chi connectivity index (χ3v) is 4.89. The minimum absolute atomic E-state index is 0.0609. The van der Waals surface area contributed by atoms with Gasteiger partial charge in [-0.05, 0) is 43.2 Å². The molecule has 30 heavy (non-hydrogen) atoms. The summed E-state index contributed by atoms with van der Waals surface area (Å²) < 4.78 is 0. The minimum atomic E-state index is -0.490. The highest BCUT2D eigenvalue weighted by Crippen LogP contribution is 2.17. The third-order valence-electron chi connectivity index (χ3n) is 4.89. The summed E-state index contributed by atoms with van der Waals surface area (Å²) in [6.07, 6.45) is 0.0609. The second-order valence-electron chi connectivity index (χ2n) is 7.23. The monoisotopic (exact) mass is 403 g/mol. The molecule has 1 aromatic heterocycles. The fourth-order valence-corrected chi connectivity index (χ4v) is 3.31. The van der Waals surface area contributed by atoms with E-state index in [1.54, 1.807) is 24.3 Å². The quantitative estimate of drug-likeness (QED) is 0.566. The number of pyridine rings is 1. The molecule has 1 heterocycles. The Morgan fingerprint density at radius 1 is 0.967 bits per heavy atom. The summed E-state index contributed by atoms with van der Waals surface area (Å²) in [7, 11) is 0. The van der Waals surface area contributed by atoms with Crippen LogP contribution in [0.15, 0.2) is 71.5 Å². The molecule has 0 spiro atoms. The number of aryl methyl sites for hydroxylation is 2. The van der Waals surface area contributed by atoms with E-state index in [0.29, 0.717) is 11.1 Å².